The fourth-order valence-corrected chi connectivity index (χ4v) is 7.86. The van der Waals surface area contributed by atoms with Crippen molar-refractivity contribution >= 4 is 92.4 Å². The zero-order valence-electron chi connectivity index (χ0n) is 24.8. The number of piperazine rings is 1. The maximum atomic E-state index is 12.9. The lowest BCUT2D eigenvalue weighted by molar-refractivity contribution is -0.140. The Balaban J connectivity index is 0.976. The Hall–Kier alpha value is -3.32. The number of hydrogen-bond acceptors (Lipinski definition) is 8. The van der Waals surface area contributed by atoms with Gasteiger partial charge in [-0.1, -0.05) is 115 Å². The first kappa shape index (κ1) is 33.1. The van der Waals surface area contributed by atoms with Gasteiger partial charge in [0.1, 0.15) is 8.64 Å². The molecule has 0 bridgehead atoms. The number of nitrogens with zero attached hydrogens (tertiary/aromatic N) is 4. The molecule has 3 aliphatic rings. The fraction of sp³-hybridized carbons (Fsp3) is 0.333. The van der Waals surface area contributed by atoms with E-state index in [9.17, 15) is 19.2 Å². The van der Waals surface area contributed by atoms with Gasteiger partial charge in [-0.25, -0.2) is 0 Å². The number of thiocarbonyl (C=S) groups is 2. The number of thioether (sulfide) groups is 2. The number of hydrogen-bond donors (Lipinski definition) is 0. The topological polar surface area (TPSA) is 81.2 Å². The second-order valence-electron chi connectivity index (χ2n) is 10.8. The summed E-state index contributed by atoms with van der Waals surface area (Å²) >= 11 is 13.4. The number of rotatable bonds is 11. The third-order valence-electron chi connectivity index (χ3n) is 7.75. The lowest BCUT2D eigenvalue weighted by Gasteiger charge is -2.35. The summed E-state index contributed by atoms with van der Waals surface area (Å²) in [5.41, 5.74) is 1.89. The number of carbonyl (C=O) groups is 4. The molecule has 3 fully saturated rings. The zero-order valence-corrected chi connectivity index (χ0v) is 28.0. The first-order valence-corrected chi connectivity index (χ1v) is 17.4. The molecule has 0 radical (unpaired) electrons. The summed E-state index contributed by atoms with van der Waals surface area (Å²) in [6.45, 7) is 2.73. The first-order valence-electron chi connectivity index (χ1n) is 15.0. The van der Waals surface area contributed by atoms with Gasteiger partial charge in [0.25, 0.3) is 11.8 Å². The summed E-state index contributed by atoms with van der Waals surface area (Å²) in [4.78, 5) is 59.3. The molecule has 0 saturated carbocycles. The van der Waals surface area contributed by atoms with Crippen LogP contribution in [-0.4, -0.2) is 91.1 Å². The second kappa shape index (κ2) is 15.8. The average Bonchev–Trinajstić information content (AvgIpc) is 3.47. The van der Waals surface area contributed by atoms with Crippen molar-refractivity contribution in [2.75, 3.05) is 39.3 Å². The third kappa shape index (κ3) is 8.69. The van der Waals surface area contributed by atoms with Crippen LogP contribution in [-0.2, 0) is 19.2 Å². The molecule has 0 spiro atoms. The first-order chi connectivity index (χ1) is 21.8. The lowest BCUT2D eigenvalue weighted by atomic mass is 10.1. The van der Waals surface area contributed by atoms with Crippen molar-refractivity contribution in [3.63, 3.8) is 0 Å². The molecule has 0 atom stereocenters. The molecule has 3 saturated heterocycles. The minimum Gasteiger partial charge on any atom is -0.339 e. The molecule has 0 unspecified atom stereocenters. The predicted molar refractivity (Wildman–Crippen MR) is 189 cm³/mol. The molecule has 0 aromatic heterocycles. The van der Waals surface area contributed by atoms with E-state index in [0.717, 1.165) is 30.4 Å². The van der Waals surface area contributed by atoms with Crippen molar-refractivity contribution in [2.45, 2.75) is 32.1 Å². The van der Waals surface area contributed by atoms with Crippen LogP contribution >= 0.6 is 48.0 Å². The van der Waals surface area contributed by atoms with Gasteiger partial charge in [0.2, 0.25) is 11.8 Å². The summed E-state index contributed by atoms with van der Waals surface area (Å²) in [5.74, 6) is -0.190. The number of benzene rings is 2. The van der Waals surface area contributed by atoms with E-state index in [1.54, 1.807) is 9.80 Å². The van der Waals surface area contributed by atoms with E-state index in [4.69, 9.17) is 24.4 Å². The maximum absolute atomic E-state index is 12.9. The third-order valence-corrected chi connectivity index (χ3v) is 10.5. The molecule has 8 nitrogen and oxygen atoms in total. The van der Waals surface area contributed by atoms with Gasteiger partial charge in [0, 0.05) is 52.1 Å². The Bertz CT molecular complexity index is 1520. The highest BCUT2D eigenvalue weighted by atomic mass is 32.2. The Morgan fingerprint density at radius 2 is 1.07 bits per heavy atom. The minimum atomic E-state index is -0.171. The molecule has 45 heavy (non-hydrogen) atoms. The van der Waals surface area contributed by atoms with E-state index in [2.05, 4.69) is 0 Å². The van der Waals surface area contributed by atoms with E-state index in [1.807, 2.05) is 77.7 Å². The standard InChI is InChI=1S/C33H34N4O4S4/c38-28(14-8-3-9-16-36-30(40)26(44-32(36)42)22-24-10-4-1-5-11-24)34-18-20-35(21-19-34)29(39)15-17-37-31(41)27(45-33(37)43)23-25-12-6-2-7-13-25/h1-2,4-7,10-13,22-23H,3,8-9,14-21H2/b26-22-,27-23+. The smallest absolute Gasteiger partial charge is 0.266 e. The predicted octanol–water partition coefficient (Wildman–Crippen LogP) is 5.41. The highest BCUT2D eigenvalue weighted by Gasteiger charge is 2.33. The Kier molecular flexibility index (Phi) is 11.6. The average molecular weight is 679 g/mol. The van der Waals surface area contributed by atoms with Gasteiger partial charge in [-0.05, 0) is 36.1 Å². The van der Waals surface area contributed by atoms with Crippen LogP contribution in [0.2, 0.25) is 0 Å². The molecular weight excluding hydrogens is 645 g/mol. The quantitative estimate of drug-likeness (QED) is 0.177. The molecular formula is C33H34N4O4S4. The second-order valence-corrected chi connectivity index (χ2v) is 14.2. The van der Waals surface area contributed by atoms with Crippen molar-refractivity contribution in [1.82, 2.24) is 19.6 Å². The van der Waals surface area contributed by atoms with Crippen LogP contribution in [0.3, 0.4) is 0 Å². The Labute approximate surface area is 282 Å². The van der Waals surface area contributed by atoms with E-state index in [-0.39, 0.29) is 36.6 Å². The monoisotopic (exact) mass is 678 g/mol. The van der Waals surface area contributed by atoms with Gasteiger partial charge in [-0.2, -0.15) is 0 Å². The van der Waals surface area contributed by atoms with Gasteiger partial charge in [-0.15, -0.1) is 0 Å². The molecule has 3 heterocycles. The van der Waals surface area contributed by atoms with Crippen molar-refractivity contribution < 1.29 is 19.2 Å². The van der Waals surface area contributed by atoms with Gasteiger partial charge < -0.3 is 9.80 Å². The molecule has 2 aromatic carbocycles. The number of unbranched alkanes of at least 4 members (excludes halogenated alkanes) is 2. The van der Waals surface area contributed by atoms with Crippen molar-refractivity contribution in [2.24, 2.45) is 0 Å². The van der Waals surface area contributed by atoms with Crippen molar-refractivity contribution in [3.8, 4) is 0 Å². The molecule has 0 aliphatic carbocycles. The highest BCUT2D eigenvalue weighted by molar-refractivity contribution is 8.27. The van der Waals surface area contributed by atoms with Crippen molar-refractivity contribution in [1.29, 1.82) is 0 Å². The van der Waals surface area contributed by atoms with Gasteiger partial charge >= 0.3 is 0 Å². The summed E-state index contributed by atoms with van der Waals surface area (Å²) in [7, 11) is 0. The molecule has 234 valence electrons. The van der Waals surface area contributed by atoms with Crippen LogP contribution in [0.4, 0.5) is 0 Å². The van der Waals surface area contributed by atoms with Crippen molar-refractivity contribution in [3.05, 3.63) is 81.6 Å². The molecule has 4 amide bonds. The van der Waals surface area contributed by atoms with Crippen LogP contribution in [0.5, 0.6) is 0 Å². The normalized spacial score (nSPS) is 19.0. The van der Waals surface area contributed by atoms with E-state index < -0.39 is 0 Å². The van der Waals surface area contributed by atoms with Crippen LogP contribution in [0.15, 0.2) is 70.5 Å². The molecule has 12 heteroatoms. The van der Waals surface area contributed by atoms with Gasteiger partial charge in [0.05, 0.1) is 9.81 Å². The van der Waals surface area contributed by atoms with Crippen LogP contribution < -0.4 is 0 Å². The number of amides is 4. The summed E-state index contributed by atoms with van der Waals surface area (Å²) in [6, 6.07) is 19.3. The van der Waals surface area contributed by atoms with E-state index in [0.29, 0.717) is 57.6 Å². The fourth-order valence-electron chi connectivity index (χ4n) is 5.24. The molecule has 2 aromatic rings. The SMILES string of the molecule is O=C(CCCCCN1C(=O)/C(=C/c2ccccc2)SC1=S)N1CCN(C(=O)CCN2C(=O)/C(=C\c3ccccc3)SC2=S)CC1. The van der Waals surface area contributed by atoms with Crippen LogP contribution in [0, 0.1) is 0 Å². The van der Waals surface area contributed by atoms with Crippen LogP contribution in [0.1, 0.15) is 43.2 Å². The summed E-state index contributed by atoms with van der Waals surface area (Å²) in [6.07, 6.45) is 6.63. The molecule has 5 rings (SSSR count). The van der Waals surface area contributed by atoms with Crippen LogP contribution in [0.25, 0.3) is 12.2 Å². The highest BCUT2D eigenvalue weighted by Crippen LogP contribution is 2.33. The summed E-state index contributed by atoms with van der Waals surface area (Å²) in [5, 5.41) is 0. The summed E-state index contributed by atoms with van der Waals surface area (Å²) < 4.78 is 1.03. The Morgan fingerprint density at radius 3 is 1.56 bits per heavy atom. The zero-order chi connectivity index (χ0) is 31.8. The van der Waals surface area contributed by atoms with Gasteiger partial charge in [-0.3, -0.25) is 29.0 Å². The minimum absolute atomic E-state index is 0.0440. The molecule has 0 N–H and O–H groups in total. The largest absolute Gasteiger partial charge is 0.339 e. The van der Waals surface area contributed by atoms with E-state index in [1.165, 1.54) is 28.4 Å². The van der Waals surface area contributed by atoms with E-state index >= 15 is 0 Å². The Morgan fingerprint density at radius 1 is 0.622 bits per heavy atom. The number of carbonyl (C=O) groups excluding carboxylic acids is 4. The van der Waals surface area contributed by atoms with Gasteiger partial charge in [0.15, 0.2) is 0 Å². The lowest BCUT2D eigenvalue weighted by Crippen LogP contribution is -2.51. The maximum Gasteiger partial charge on any atom is 0.266 e. The molecule has 3 aliphatic heterocycles.